The summed E-state index contributed by atoms with van der Waals surface area (Å²) in [4.78, 5) is 0. The molecule has 0 aliphatic heterocycles. The van der Waals surface area contributed by atoms with Gasteiger partial charge in [0.25, 0.3) is 0 Å². The predicted octanol–water partition coefficient (Wildman–Crippen LogP) is 2.79. The summed E-state index contributed by atoms with van der Waals surface area (Å²) in [5.74, 6) is 1.94. The van der Waals surface area contributed by atoms with E-state index in [0.717, 1.165) is 30.8 Å². The third-order valence-corrected chi connectivity index (χ3v) is 4.48. The van der Waals surface area contributed by atoms with Crippen molar-refractivity contribution in [3.05, 3.63) is 29.8 Å². The summed E-state index contributed by atoms with van der Waals surface area (Å²) in [7, 11) is 0. The van der Waals surface area contributed by atoms with E-state index in [2.05, 4.69) is 29.6 Å². The van der Waals surface area contributed by atoms with Gasteiger partial charge in [0.2, 0.25) is 0 Å². The number of hydrogen-bond acceptors (Lipinski definition) is 2. The maximum atomic E-state index is 5.56. The third-order valence-electron chi connectivity index (χ3n) is 4.48. The van der Waals surface area contributed by atoms with Gasteiger partial charge in [0.15, 0.2) is 0 Å². The Labute approximate surface area is 104 Å². The lowest BCUT2D eigenvalue weighted by atomic mass is 9.95. The highest BCUT2D eigenvalue weighted by molar-refractivity contribution is 5.46. The molecular formula is C15H22N2. The molecule has 2 saturated carbocycles. The van der Waals surface area contributed by atoms with E-state index in [1.807, 2.05) is 0 Å². The first-order chi connectivity index (χ1) is 8.35. The Bertz CT molecular complexity index is 371. The molecule has 2 bridgehead atoms. The van der Waals surface area contributed by atoms with Gasteiger partial charge in [-0.25, -0.2) is 0 Å². The first-order valence-electron chi connectivity index (χ1n) is 6.90. The van der Waals surface area contributed by atoms with Crippen LogP contribution >= 0.6 is 0 Å². The molecule has 2 heteroatoms. The van der Waals surface area contributed by atoms with Crippen LogP contribution in [0.4, 0.5) is 5.69 Å². The highest BCUT2D eigenvalue weighted by Gasteiger charge is 2.39. The van der Waals surface area contributed by atoms with Crippen LogP contribution in [0.1, 0.15) is 31.2 Å². The largest absolute Gasteiger partial charge is 0.382 e. The molecule has 0 aromatic heterocycles. The molecule has 0 amide bonds. The number of fused-ring (bicyclic) bond motifs is 2. The molecule has 1 aromatic rings. The smallest absolute Gasteiger partial charge is 0.0342 e. The van der Waals surface area contributed by atoms with Crippen molar-refractivity contribution in [2.75, 3.05) is 11.9 Å². The number of anilines is 1. The first kappa shape index (κ1) is 11.1. The normalized spacial score (nSPS) is 30.8. The van der Waals surface area contributed by atoms with Gasteiger partial charge in [-0.05, 0) is 61.8 Å². The quantitative estimate of drug-likeness (QED) is 0.834. The molecule has 2 fully saturated rings. The van der Waals surface area contributed by atoms with Crippen LogP contribution in [-0.4, -0.2) is 12.6 Å². The van der Waals surface area contributed by atoms with Gasteiger partial charge in [-0.3, -0.25) is 0 Å². The highest BCUT2D eigenvalue weighted by atomic mass is 14.9. The molecule has 0 saturated heterocycles. The van der Waals surface area contributed by atoms with Crippen molar-refractivity contribution in [3.63, 3.8) is 0 Å². The second-order valence-corrected chi connectivity index (χ2v) is 5.66. The van der Waals surface area contributed by atoms with Crippen LogP contribution in [0.25, 0.3) is 0 Å². The van der Waals surface area contributed by atoms with Crippen molar-refractivity contribution in [2.24, 2.45) is 17.6 Å². The molecular weight excluding hydrogens is 208 g/mol. The molecule has 3 N–H and O–H groups in total. The molecule has 1 aromatic carbocycles. The fourth-order valence-corrected chi connectivity index (χ4v) is 3.57. The standard InChI is InChI=1S/C15H22N2/c16-8-7-11-2-5-14(6-3-11)17-15-10-12-1-4-13(15)9-12/h2-3,5-6,12-13,15,17H,1,4,7-10,16H2. The molecule has 2 aliphatic rings. The zero-order valence-corrected chi connectivity index (χ0v) is 10.4. The van der Waals surface area contributed by atoms with Crippen LogP contribution in [0, 0.1) is 11.8 Å². The van der Waals surface area contributed by atoms with E-state index in [4.69, 9.17) is 5.73 Å². The fraction of sp³-hybridized carbons (Fsp3) is 0.600. The number of nitrogens with one attached hydrogen (secondary N) is 1. The minimum atomic E-state index is 0.731. The van der Waals surface area contributed by atoms with Crippen LogP contribution in [0.2, 0.25) is 0 Å². The SMILES string of the molecule is NCCc1ccc(NC2CC3CCC2C3)cc1. The Morgan fingerprint density at radius 2 is 1.94 bits per heavy atom. The lowest BCUT2D eigenvalue weighted by Crippen LogP contribution is -2.25. The fourth-order valence-electron chi connectivity index (χ4n) is 3.57. The topological polar surface area (TPSA) is 38.0 Å². The Morgan fingerprint density at radius 1 is 1.12 bits per heavy atom. The molecule has 3 unspecified atom stereocenters. The van der Waals surface area contributed by atoms with Crippen molar-refractivity contribution in [3.8, 4) is 0 Å². The third kappa shape index (κ3) is 2.32. The Balaban J connectivity index is 1.61. The average Bonchev–Trinajstić information content (AvgIpc) is 2.94. The summed E-state index contributed by atoms with van der Waals surface area (Å²) < 4.78 is 0. The van der Waals surface area contributed by atoms with E-state index in [-0.39, 0.29) is 0 Å². The van der Waals surface area contributed by atoms with E-state index in [9.17, 15) is 0 Å². The van der Waals surface area contributed by atoms with E-state index in [0.29, 0.717) is 0 Å². The molecule has 0 heterocycles. The van der Waals surface area contributed by atoms with Gasteiger partial charge in [0.1, 0.15) is 0 Å². The number of nitrogens with two attached hydrogens (primary N) is 1. The molecule has 3 atom stereocenters. The van der Waals surface area contributed by atoms with Crippen LogP contribution in [0.3, 0.4) is 0 Å². The molecule has 2 aliphatic carbocycles. The molecule has 92 valence electrons. The van der Waals surface area contributed by atoms with Gasteiger partial charge in [-0.1, -0.05) is 18.6 Å². The molecule has 17 heavy (non-hydrogen) atoms. The lowest BCUT2D eigenvalue weighted by Gasteiger charge is -2.24. The number of hydrogen-bond donors (Lipinski definition) is 2. The molecule has 0 spiro atoms. The van der Waals surface area contributed by atoms with E-state index in [1.54, 1.807) is 0 Å². The monoisotopic (exact) mass is 230 g/mol. The van der Waals surface area contributed by atoms with Gasteiger partial charge in [0, 0.05) is 11.7 Å². The van der Waals surface area contributed by atoms with Gasteiger partial charge >= 0.3 is 0 Å². The molecule has 3 rings (SSSR count). The van der Waals surface area contributed by atoms with E-state index in [1.165, 1.54) is 36.9 Å². The second-order valence-electron chi connectivity index (χ2n) is 5.66. The van der Waals surface area contributed by atoms with E-state index >= 15 is 0 Å². The second kappa shape index (κ2) is 4.69. The van der Waals surface area contributed by atoms with Crippen LogP contribution in [0.5, 0.6) is 0 Å². The first-order valence-corrected chi connectivity index (χ1v) is 6.90. The lowest BCUT2D eigenvalue weighted by molar-refractivity contribution is 0.440. The summed E-state index contributed by atoms with van der Waals surface area (Å²) in [6.07, 6.45) is 6.73. The van der Waals surface area contributed by atoms with Crippen molar-refractivity contribution in [1.82, 2.24) is 0 Å². The summed E-state index contributed by atoms with van der Waals surface area (Å²) in [5.41, 5.74) is 8.18. The summed E-state index contributed by atoms with van der Waals surface area (Å²) in [5, 5.41) is 3.71. The Morgan fingerprint density at radius 3 is 2.53 bits per heavy atom. The Hall–Kier alpha value is -1.02. The zero-order valence-electron chi connectivity index (χ0n) is 10.4. The molecule has 2 nitrogen and oxygen atoms in total. The summed E-state index contributed by atoms with van der Waals surface area (Å²) in [6, 6.07) is 9.53. The van der Waals surface area contributed by atoms with Crippen molar-refractivity contribution >= 4 is 5.69 Å². The van der Waals surface area contributed by atoms with Crippen LogP contribution in [0.15, 0.2) is 24.3 Å². The predicted molar refractivity (Wildman–Crippen MR) is 72.1 cm³/mol. The van der Waals surface area contributed by atoms with Gasteiger partial charge in [-0.15, -0.1) is 0 Å². The number of benzene rings is 1. The average molecular weight is 230 g/mol. The van der Waals surface area contributed by atoms with Crippen LogP contribution < -0.4 is 11.1 Å². The van der Waals surface area contributed by atoms with Gasteiger partial charge in [-0.2, -0.15) is 0 Å². The minimum absolute atomic E-state index is 0.731. The van der Waals surface area contributed by atoms with Gasteiger partial charge in [0.05, 0.1) is 0 Å². The molecule has 0 radical (unpaired) electrons. The van der Waals surface area contributed by atoms with Crippen molar-refractivity contribution in [2.45, 2.75) is 38.1 Å². The summed E-state index contributed by atoms with van der Waals surface area (Å²) >= 11 is 0. The number of rotatable bonds is 4. The van der Waals surface area contributed by atoms with Crippen molar-refractivity contribution < 1.29 is 0 Å². The maximum Gasteiger partial charge on any atom is 0.0342 e. The van der Waals surface area contributed by atoms with E-state index < -0.39 is 0 Å². The zero-order chi connectivity index (χ0) is 11.7. The van der Waals surface area contributed by atoms with Crippen molar-refractivity contribution in [1.29, 1.82) is 0 Å². The summed E-state index contributed by atoms with van der Waals surface area (Å²) in [6.45, 7) is 0.735. The maximum absolute atomic E-state index is 5.56. The van der Waals surface area contributed by atoms with Crippen LogP contribution in [-0.2, 0) is 6.42 Å². The van der Waals surface area contributed by atoms with Gasteiger partial charge < -0.3 is 11.1 Å². The highest BCUT2D eigenvalue weighted by Crippen LogP contribution is 2.45. The minimum Gasteiger partial charge on any atom is -0.382 e. The Kier molecular flexibility index (Phi) is 3.06.